The van der Waals surface area contributed by atoms with Crippen molar-refractivity contribution >= 4 is 11.7 Å². The van der Waals surface area contributed by atoms with Gasteiger partial charge in [0.1, 0.15) is 34.5 Å². The molecule has 2 aromatic heterocycles. The topological polar surface area (TPSA) is 69.0 Å². The largest absolute Gasteiger partial charge is 0.497 e. The molecule has 0 saturated heterocycles. The monoisotopic (exact) mass is 466 g/mol. The number of alkyl halides is 6. The molecule has 170 valence electrons. The Morgan fingerprint density at radius 3 is 2.09 bits per heavy atom. The van der Waals surface area contributed by atoms with Crippen LogP contribution < -0.4 is 10.1 Å². The molecule has 0 aliphatic rings. The predicted molar refractivity (Wildman–Crippen MR) is 92.2 cm³/mol. The first-order valence-electron chi connectivity index (χ1n) is 8.36. The minimum absolute atomic E-state index is 0.00969. The van der Waals surface area contributed by atoms with E-state index in [1.54, 1.807) is 0 Å². The molecule has 0 spiro atoms. The van der Waals surface area contributed by atoms with Gasteiger partial charge in [0, 0.05) is 18.2 Å². The highest BCUT2D eigenvalue weighted by atomic mass is 19.4. The van der Waals surface area contributed by atoms with Crippen molar-refractivity contribution in [3.8, 4) is 11.4 Å². The van der Waals surface area contributed by atoms with E-state index in [4.69, 9.17) is 0 Å². The van der Waals surface area contributed by atoms with Crippen molar-refractivity contribution < 1.29 is 44.7 Å². The van der Waals surface area contributed by atoms with Crippen LogP contribution in [0.15, 0.2) is 36.5 Å². The molecular formula is C18H10F8N4O2. The number of benzene rings is 1. The fourth-order valence-electron chi connectivity index (χ4n) is 2.57. The quantitative estimate of drug-likeness (QED) is 0.559. The van der Waals surface area contributed by atoms with Crippen LogP contribution in [0, 0.1) is 11.6 Å². The number of rotatable bonds is 4. The zero-order valence-corrected chi connectivity index (χ0v) is 15.6. The molecule has 0 bridgehead atoms. The van der Waals surface area contributed by atoms with E-state index in [0.717, 1.165) is 31.4 Å². The second-order valence-corrected chi connectivity index (χ2v) is 6.14. The van der Waals surface area contributed by atoms with Crippen molar-refractivity contribution in [3.05, 3.63) is 65.1 Å². The van der Waals surface area contributed by atoms with Crippen LogP contribution in [0.3, 0.4) is 0 Å². The lowest BCUT2D eigenvalue weighted by Crippen LogP contribution is -2.17. The summed E-state index contributed by atoms with van der Waals surface area (Å²) >= 11 is 0. The average Bonchev–Trinajstić information content (AvgIpc) is 3.14. The molecule has 2 heterocycles. The number of amides is 1. The number of anilines is 1. The molecule has 3 aromatic rings. The van der Waals surface area contributed by atoms with Gasteiger partial charge in [-0.25, -0.2) is 18.4 Å². The van der Waals surface area contributed by atoms with Crippen LogP contribution in [0.4, 0.5) is 40.9 Å². The van der Waals surface area contributed by atoms with Gasteiger partial charge in [0.25, 0.3) is 5.91 Å². The molecule has 1 amide bonds. The number of hydrogen-bond acceptors (Lipinski definition) is 4. The lowest BCUT2D eigenvalue weighted by molar-refractivity contribution is -0.143. The van der Waals surface area contributed by atoms with Crippen LogP contribution in [-0.4, -0.2) is 27.8 Å². The normalized spacial score (nSPS) is 12.0. The number of hydrogen-bond donors (Lipinski definition) is 1. The van der Waals surface area contributed by atoms with E-state index < -0.39 is 52.5 Å². The summed E-state index contributed by atoms with van der Waals surface area (Å²) < 4.78 is 110. The van der Waals surface area contributed by atoms with E-state index in [-0.39, 0.29) is 22.3 Å². The Labute approximate surface area is 173 Å². The van der Waals surface area contributed by atoms with Gasteiger partial charge in [-0.1, -0.05) is 0 Å². The predicted octanol–water partition coefficient (Wildman–Crippen LogP) is 4.84. The van der Waals surface area contributed by atoms with Crippen molar-refractivity contribution in [3.63, 3.8) is 0 Å². The Morgan fingerprint density at radius 1 is 1.00 bits per heavy atom. The van der Waals surface area contributed by atoms with Crippen LogP contribution >= 0.6 is 0 Å². The Hall–Kier alpha value is -3.71. The Morgan fingerprint density at radius 2 is 1.62 bits per heavy atom. The van der Waals surface area contributed by atoms with Crippen molar-refractivity contribution in [2.24, 2.45) is 0 Å². The van der Waals surface area contributed by atoms with Crippen LogP contribution in [0.2, 0.25) is 0 Å². The highest BCUT2D eigenvalue weighted by molar-refractivity contribution is 6.04. The van der Waals surface area contributed by atoms with E-state index in [1.807, 2.05) is 5.32 Å². The van der Waals surface area contributed by atoms with E-state index in [9.17, 15) is 39.9 Å². The van der Waals surface area contributed by atoms with E-state index in [2.05, 4.69) is 14.8 Å². The third-order valence-corrected chi connectivity index (χ3v) is 4.00. The second kappa shape index (κ2) is 8.09. The first kappa shape index (κ1) is 23.0. The molecule has 0 saturated carbocycles. The first-order valence-corrected chi connectivity index (χ1v) is 8.36. The van der Waals surface area contributed by atoms with Crippen LogP contribution in [0.1, 0.15) is 21.7 Å². The summed E-state index contributed by atoms with van der Waals surface area (Å²) in [6.45, 7) is 0. The molecule has 3 rings (SSSR count). The maximum atomic E-state index is 14.0. The van der Waals surface area contributed by atoms with Gasteiger partial charge in [0.15, 0.2) is 5.69 Å². The molecule has 14 heteroatoms. The molecule has 0 aliphatic heterocycles. The van der Waals surface area contributed by atoms with Gasteiger partial charge in [-0.05, 0) is 12.1 Å². The van der Waals surface area contributed by atoms with Gasteiger partial charge in [-0.15, -0.1) is 0 Å². The Kier molecular flexibility index (Phi) is 5.80. The number of carbonyl (C=O) groups is 1. The van der Waals surface area contributed by atoms with Gasteiger partial charge in [-0.3, -0.25) is 4.79 Å². The lowest BCUT2D eigenvalue weighted by Gasteiger charge is -2.11. The first-order chi connectivity index (χ1) is 14.8. The second-order valence-electron chi connectivity index (χ2n) is 6.14. The van der Waals surface area contributed by atoms with Gasteiger partial charge in [0.2, 0.25) is 0 Å². The number of methoxy groups -OCH3 is 1. The Bertz CT molecular complexity index is 1130. The smallest absolute Gasteiger partial charge is 0.435 e. The lowest BCUT2D eigenvalue weighted by atomic mass is 10.1. The molecule has 0 radical (unpaired) electrons. The maximum absolute atomic E-state index is 14.0. The summed E-state index contributed by atoms with van der Waals surface area (Å²) in [7, 11) is 1.15. The van der Waals surface area contributed by atoms with Crippen molar-refractivity contribution in [2.75, 3.05) is 12.4 Å². The molecule has 6 nitrogen and oxygen atoms in total. The maximum Gasteiger partial charge on any atom is 0.435 e. The number of nitrogens with one attached hydrogen (secondary N) is 1. The van der Waals surface area contributed by atoms with Crippen LogP contribution in [0.5, 0.6) is 5.75 Å². The number of carbonyl (C=O) groups excluding carboxylic acids is 1. The number of nitrogens with zero attached hydrogens (tertiary/aromatic N) is 3. The summed E-state index contributed by atoms with van der Waals surface area (Å²) in [5.74, 6) is -4.29. The molecule has 0 atom stereocenters. The van der Waals surface area contributed by atoms with Crippen molar-refractivity contribution in [1.29, 1.82) is 0 Å². The molecule has 1 aromatic carbocycles. The highest BCUT2D eigenvalue weighted by Crippen LogP contribution is 2.36. The summed E-state index contributed by atoms with van der Waals surface area (Å²) in [4.78, 5) is 15.7. The van der Waals surface area contributed by atoms with Gasteiger partial charge < -0.3 is 10.1 Å². The fraction of sp³-hybridized carbons (Fsp3) is 0.167. The van der Waals surface area contributed by atoms with Gasteiger partial charge in [0.05, 0.1) is 19.0 Å². The van der Waals surface area contributed by atoms with Crippen LogP contribution in [-0.2, 0) is 12.4 Å². The number of pyridine rings is 1. The van der Waals surface area contributed by atoms with Gasteiger partial charge in [-0.2, -0.15) is 31.4 Å². The molecular weight excluding hydrogens is 456 g/mol. The van der Waals surface area contributed by atoms with E-state index >= 15 is 0 Å². The number of aromatic nitrogens is 3. The van der Waals surface area contributed by atoms with E-state index in [0.29, 0.717) is 6.20 Å². The molecule has 0 unspecified atom stereocenters. The van der Waals surface area contributed by atoms with Crippen molar-refractivity contribution in [2.45, 2.75) is 12.4 Å². The molecule has 32 heavy (non-hydrogen) atoms. The summed E-state index contributed by atoms with van der Waals surface area (Å²) in [6, 6.07) is 3.14. The minimum Gasteiger partial charge on any atom is -0.497 e. The summed E-state index contributed by atoms with van der Waals surface area (Å²) in [5, 5.41) is 4.96. The Balaban J connectivity index is 1.90. The minimum atomic E-state index is -5.16. The van der Waals surface area contributed by atoms with Crippen molar-refractivity contribution in [1.82, 2.24) is 14.8 Å². The third kappa shape index (κ3) is 4.63. The average molecular weight is 466 g/mol. The molecule has 0 aliphatic carbocycles. The zero-order valence-electron chi connectivity index (χ0n) is 15.6. The van der Waals surface area contributed by atoms with E-state index in [1.165, 1.54) is 0 Å². The number of halogens is 8. The molecule has 1 N–H and O–H groups in total. The summed E-state index contributed by atoms with van der Waals surface area (Å²) in [6.07, 6.45) is -9.59. The highest BCUT2D eigenvalue weighted by Gasteiger charge is 2.42. The summed E-state index contributed by atoms with van der Waals surface area (Å²) in [5.41, 5.74) is -4.95. The SMILES string of the molecule is COc1cc(F)c(C(=O)Nc2ccc(-n3nc(C(F)(F)F)cc3C(F)(F)F)cn2)c(F)c1. The molecule has 0 fully saturated rings. The number of ether oxygens (including phenoxy) is 1. The van der Waals surface area contributed by atoms with Crippen LogP contribution in [0.25, 0.3) is 5.69 Å². The van der Waals surface area contributed by atoms with Gasteiger partial charge >= 0.3 is 12.4 Å². The third-order valence-electron chi connectivity index (χ3n) is 4.00. The zero-order chi connectivity index (χ0) is 23.8. The standard InChI is InChI=1S/C18H10F8N4O2/c1-32-9-4-10(19)15(11(20)5-9)16(31)28-14-3-2-8(7-27-14)30-13(18(24,25)26)6-12(29-30)17(21,22)23/h2-7H,1H3,(H,27,28,31). The fourth-order valence-corrected chi connectivity index (χ4v) is 2.57.